The van der Waals surface area contributed by atoms with Gasteiger partial charge in [0.2, 0.25) is 0 Å². The maximum Gasteiger partial charge on any atom is 0.277 e. The van der Waals surface area contributed by atoms with E-state index in [0.717, 1.165) is 12.1 Å². The Labute approximate surface area is 87.0 Å². The summed E-state index contributed by atoms with van der Waals surface area (Å²) in [6.07, 6.45) is 0.500. The number of nitro benzene ring substituents is 1. The van der Waals surface area contributed by atoms with E-state index < -0.39 is 21.3 Å². The van der Waals surface area contributed by atoms with Gasteiger partial charge in [0.05, 0.1) is 16.6 Å². The highest BCUT2D eigenvalue weighted by atomic mass is 79.9. The molecule has 74 valence electrons. The highest BCUT2D eigenvalue weighted by Crippen LogP contribution is 2.29. The van der Waals surface area contributed by atoms with Gasteiger partial charge in [0.1, 0.15) is 16.9 Å². The van der Waals surface area contributed by atoms with E-state index in [1.165, 1.54) is 6.07 Å². The number of benzene rings is 1. The van der Waals surface area contributed by atoms with Crippen LogP contribution in [0.4, 0.5) is 10.1 Å². The van der Waals surface area contributed by atoms with Crippen molar-refractivity contribution in [3.8, 4) is 0 Å². The van der Waals surface area contributed by atoms with Crippen LogP contribution in [-0.4, -0.2) is 11.2 Å². The first-order chi connectivity index (χ1) is 6.56. The molecule has 0 saturated heterocycles. The summed E-state index contributed by atoms with van der Waals surface area (Å²) in [5, 5.41) is 10.5. The number of alkyl halides is 1. The number of carbonyl (C=O) groups excluding carboxylic acids is 1. The van der Waals surface area contributed by atoms with Crippen LogP contribution in [0.1, 0.15) is 10.4 Å². The standard InChI is InChI=1S/C8H5BrFNO3/c9-7(4-12)6-2-1-5(10)3-8(6)11(13)14/h1-4,7H. The molecule has 6 heteroatoms. The van der Waals surface area contributed by atoms with E-state index in [4.69, 9.17) is 0 Å². The summed E-state index contributed by atoms with van der Waals surface area (Å²) in [5.41, 5.74) is -0.259. The second-order valence-corrected chi connectivity index (χ2v) is 3.48. The maximum atomic E-state index is 12.7. The molecule has 0 saturated carbocycles. The normalized spacial score (nSPS) is 12.1. The summed E-state index contributed by atoms with van der Waals surface area (Å²) in [4.78, 5) is 19.4. The van der Waals surface area contributed by atoms with Crippen molar-refractivity contribution in [3.05, 3.63) is 39.7 Å². The molecule has 1 aromatic carbocycles. The molecule has 1 atom stereocenters. The van der Waals surface area contributed by atoms with Crippen molar-refractivity contribution < 1.29 is 14.1 Å². The van der Waals surface area contributed by atoms with E-state index >= 15 is 0 Å². The highest BCUT2D eigenvalue weighted by Gasteiger charge is 2.20. The predicted octanol–water partition coefficient (Wildman–Crippen LogP) is 2.37. The van der Waals surface area contributed by atoms with E-state index in [0.29, 0.717) is 6.29 Å². The molecule has 1 unspecified atom stereocenters. The van der Waals surface area contributed by atoms with Crippen molar-refractivity contribution in [1.29, 1.82) is 0 Å². The van der Waals surface area contributed by atoms with Crippen LogP contribution < -0.4 is 0 Å². The number of nitrogens with zero attached hydrogens (tertiary/aromatic N) is 1. The summed E-state index contributed by atoms with van der Waals surface area (Å²) in [6, 6.07) is 3.06. The van der Waals surface area contributed by atoms with Crippen molar-refractivity contribution in [3.63, 3.8) is 0 Å². The summed E-state index contributed by atoms with van der Waals surface area (Å²) >= 11 is 2.93. The van der Waals surface area contributed by atoms with Crippen LogP contribution in [-0.2, 0) is 4.79 Å². The van der Waals surface area contributed by atoms with Gasteiger partial charge in [-0.05, 0) is 12.1 Å². The number of hydrogen-bond acceptors (Lipinski definition) is 3. The zero-order valence-electron chi connectivity index (χ0n) is 6.81. The minimum atomic E-state index is -0.788. The Hall–Kier alpha value is -1.30. The summed E-state index contributed by atoms with van der Waals surface area (Å²) in [5.74, 6) is -0.703. The van der Waals surface area contributed by atoms with E-state index in [-0.39, 0.29) is 5.56 Å². The molecule has 0 N–H and O–H groups in total. The molecule has 14 heavy (non-hydrogen) atoms. The number of carbonyl (C=O) groups is 1. The van der Waals surface area contributed by atoms with Crippen LogP contribution >= 0.6 is 15.9 Å². The van der Waals surface area contributed by atoms with Gasteiger partial charge >= 0.3 is 0 Å². The lowest BCUT2D eigenvalue weighted by Crippen LogP contribution is -1.99. The molecule has 0 aliphatic carbocycles. The fourth-order valence-electron chi connectivity index (χ4n) is 0.981. The van der Waals surface area contributed by atoms with Gasteiger partial charge in [-0.3, -0.25) is 10.1 Å². The zero-order chi connectivity index (χ0) is 10.7. The smallest absolute Gasteiger partial charge is 0.277 e. The molecule has 0 aromatic heterocycles. The van der Waals surface area contributed by atoms with E-state index in [1.807, 2.05) is 0 Å². The zero-order valence-corrected chi connectivity index (χ0v) is 8.40. The molecule has 4 nitrogen and oxygen atoms in total. The second-order valence-electron chi connectivity index (χ2n) is 2.50. The minimum absolute atomic E-state index is 0.145. The molecule has 0 aliphatic heterocycles. The lowest BCUT2D eigenvalue weighted by Gasteiger charge is -2.03. The topological polar surface area (TPSA) is 60.2 Å². The number of hydrogen-bond donors (Lipinski definition) is 0. The molecule has 0 heterocycles. The van der Waals surface area contributed by atoms with Gasteiger partial charge in [-0.2, -0.15) is 0 Å². The average Bonchev–Trinajstić information content (AvgIpc) is 2.16. The van der Waals surface area contributed by atoms with Crippen LogP contribution in [0, 0.1) is 15.9 Å². The van der Waals surface area contributed by atoms with Crippen molar-refractivity contribution in [2.45, 2.75) is 4.83 Å². The molecular formula is C8H5BrFNO3. The molecule has 0 fully saturated rings. The summed E-state index contributed by atoms with van der Waals surface area (Å²) < 4.78 is 12.7. The number of halogens is 2. The van der Waals surface area contributed by atoms with Gasteiger partial charge in [-0.1, -0.05) is 15.9 Å². The van der Waals surface area contributed by atoms with Gasteiger partial charge in [0, 0.05) is 0 Å². The molecule has 0 radical (unpaired) electrons. The van der Waals surface area contributed by atoms with Crippen molar-refractivity contribution in [2.75, 3.05) is 0 Å². The third-order valence-electron chi connectivity index (χ3n) is 1.61. The molecule has 0 spiro atoms. The number of aldehydes is 1. The molecule has 1 aromatic rings. The lowest BCUT2D eigenvalue weighted by molar-refractivity contribution is -0.385. The Morgan fingerprint density at radius 2 is 2.21 bits per heavy atom. The van der Waals surface area contributed by atoms with Crippen LogP contribution in [0.3, 0.4) is 0 Å². The lowest BCUT2D eigenvalue weighted by atomic mass is 10.1. The van der Waals surface area contributed by atoms with E-state index in [2.05, 4.69) is 15.9 Å². The number of nitro groups is 1. The monoisotopic (exact) mass is 261 g/mol. The highest BCUT2D eigenvalue weighted by molar-refractivity contribution is 9.09. The second kappa shape index (κ2) is 4.28. The minimum Gasteiger partial charge on any atom is -0.302 e. The van der Waals surface area contributed by atoms with Gasteiger partial charge in [0.25, 0.3) is 5.69 Å². The molecule has 1 rings (SSSR count). The third kappa shape index (κ3) is 2.14. The van der Waals surface area contributed by atoms with Gasteiger partial charge < -0.3 is 4.79 Å². The quantitative estimate of drug-likeness (QED) is 0.363. The van der Waals surface area contributed by atoms with Crippen LogP contribution in [0.25, 0.3) is 0 Å². The Kier molecular flexibility index (Phi) is 3.29. The molecule has 0 amide bonds. The third-order valence-corrected chi connectivity index (χ3v) is 2.31. The van der Waals surface area contributed by atoms with Crippen LogP contribution in [0.2, 0.25) is 0 Å². The number of rotatable bonds is 3. The summed E-state index contributed by atoms with van der Waals surface area (Å²) in [6.45, 7) is 0. The Morgan fingerprint density at radius 1 is 1.57 bits per heavy atom. The van der Waals surface area contributed by atoms with Gasteiger partial charge in [-0.25, -0.2) is 4.39 Å². The summed E-state index contributed by atoms with van der Waals surface area (Å²) in [7, 11) is 0. The Balaban J connectivity index is 3.28. The van der Waals surface area contributed by atoms with E-state index in [9.17, 15) is 19.3 Å². The Bertz CT molecular complexity index is 383. The molecule has 0 aliphatic rings. The van der Waals surface area contributed by atoms with Gasteiger partial charge in [-0.15, -0.1) is 0 Å². The van der Waals surface area contributed by atoms with Crippen LogP contribution in [0.5, 0.6) is 0 Å². The fourth-order valence-corrected chi connectivity index (χ4v) is 1.37. The SMILES string of the molecule is O=CC(Br)c1ccc(F)cc1[N+](=O)[O-]. The first-order valence-electron chi connectivity index (χ1n) is 3.59. The van der Waals surface area contributed by atoms with Crippen LogP contribution in [0.15, 0.2) is 18.2 Å². The fraction of sp³-hybridized carbons (Fsp3) is 0.125. The first kappa shape index (κ1) is 10.8. The van der Waals surface area contributed by atoms with Crippen molar-refractivity contribution >= 4 is 27.9 Å². The van der Waals surface area contributed by atoms with E-state index in [1.54, 1.807) is 0 Å². The van der Waals surface area contributed by atoms with Crippen molar-refractivity contribution in [1.82, 2.24) is 0 Å². The van der Waals surface area contributed by atoms with Crippen molar-refractivity contribution in [2.24, 2.45) is 0 Å². The average molecular weight is 262 g/mol. The molecule has 0 bridgehead atoms. The predicted molar refractivity (Wildman–Crippen MR) is 50.8 cm³/mol. The Morgan fingerprint density at radius 3 is 2.71 bits per heavy atom. The largest absolute Gasteiger partial charge is 0.302 e. The maximum absolute atomic E-state index is 12.7. The first-order valence-corrected chi connectivity index (χ1v) is 4.51. The van der Waals surface area contributed by atoms with Gasteiger partial charge in [0.15, 0.2) is 0 Å². The molecular weight excluding hydrogens is 257 g/mol.